The van der Waals surface area contributed by atoms with Crippen molar-refractivity contribution >= 4 is 22.6 Å². The van der Waals surface area contributed by atoms with Crippen molar-refractivity contribution in [3.05, 3.63) is 51.4 Å². The second-order valence-corrected chi connectivity index (χ2v) is 6.05. The van der Waals surface area contributed by atoms with Crippen LogP contribution in [0.3, 0.4) is 0 Å². The van der Waals surface area contributed by atoms with E-state index in [9.17, 15) is 0 Å². The molecule has 0 spiro atoms. The van der Waals surface area contributed by atoms with E-state index in [4.69, 9.17) is 0 Å². The van der Waals surface area contributed by atoms with Gasteiger partial charge >= 0.3 is 0 Å². The van der Waals surface area contributed by atoms with E-state index in [-0.39, 0.29) is 6.04 Å². The molecule has 1 aromatic carbocycles. The van der Waals surface area contributed by atoms with Gasteiger partial charge < -0.3 is 5.32 Å². The molecule has 0 bridgehead atoms. The Morgan fingerprint density at radius 3 is 2.70 bits per heavy atom. The molecule has 2 aromatic rings. The average molecular weight is 383 g/mol. The number of aromatic nitrogens is 2. The Kier molecular flexibility index (Phi) is 6.04. The van der Waals surface area contributed by atoms with E-state index in [1.807, 2.05) is 6.20 Å². The molecule has 2 rings (SSSR count). The molecule has 0 aliphatic carbocycles. The van der Waals surface area contributed by atoms with Crippen molar-refractivity contribution in [2.24, 2.45) is 0 Å². The lowest BCUT2D eigenvalue weighted by Gasteiger charge is -2.21. The molecule has 0 saturated carbocycles. The summed E-state index contributed by atoms with van der Waals surface area (Å²) in [6, 6.07) is 10.9. The molecule has 0 aliphatic rings. The van der Waals surface area contributed by atoms with E-state index in [0.717, 1.165) is 25.9 Å². The third kappa shape index (κ3) is 3.61. The van der Waals surface area contributed by atoms with Gasteiger partial charge in [-0.05, 0) is 59.7 Å². The minimum Gasteiger partial charge on any atom is -0.305 e. The number of nitrogens with one attached hydrogen (secondary N) is 1. The fourth-order valence-electron chi connectivity index (χ4n) is 2.36. The molecule has 0 radical (unpaired) electrons. The van der Waals surface area contributed by atoms with Gasteiger partial charge in [0.1, 0.15) is 0 Å². The zero-order chi connectivity index (χ0) is 14.4. The normalized spacial score (nSPS) is 12.6. The highest BCUT2D eigenvalue weighted by Crippen LogP contribution is 2.26. The summed E-state index contributed by atoms with van der Waals surface area (Å²) in [5, 5.41) is 8.13. The smallest absolute Gasteiger partial charge is 0.0758 e. The van der Waals surface area contributed by atoms with Crippen LogP contribution in [0.4, 0.5) is 0 Å². The number of nitrogens with zero attached hydrogens (tertiary/aromatic N) is 2. The molecule has 1 aromatic heterocycles. The molecule has 3 nitrogen and oxygen atoms in total. The van der Waals surface area contributed by atoms with Gasteiger partial charge in [-0.25, -0.2) is 0 Å². The largest absolute Gasteiger partial charge is 0.305 e. The second-order valence-electron chi connectivity index (χ2n) is 4.89. The Balaban J connectivity index is 2.37. The maximum absolute atomic E-state index is 4.46. The zero-order valence-corrected chi connectivity index (χ0v) is 14.3. The number of hydrogen-bond acceptors (Lipinski definition) is 2. The number of hydrogen-bond donors (Lipinski definition) is 1. The lowest BCUT2D eigenvalue weighted by molar-refractivity contribution is 0.510. The Morgan fingerprint density at radius 2 is 2.00 bits per heavy atom. The SMILES string of the molecule is CCCNC(c1ccccc1I)c1ccnn1CCC. The van der Waals surface area contributed by atoms with E-state index < -0.39 is 0 Å². The third-order valence-corrected chi connectivity index (χ3v) is 4.28. The van der Waals surface area contributed by atoms with Crippen molar-refractivity contribution in [3.63, 3.8) is 0 Å². The van der Waals surface area contributed by atoms with Gasteiger partial charge in [-0.3, -0.25) is 4.68 Å². The van der Waals surface area contributed by atoms with E-state index in [2.05, 4.69) is 81.9 Å². The molecule has 1 N–H and O–H groups in total. The van der Waals surface area contributed by atoms with Crippen LogP contribution in [0.25, 0.3) is 0 Å². The Labute approximate surface area is 134 Å². The van der Waals surface area contributed by atoms with Crippen molar-refractivity contribution < 1.29 is 0 Å². The predicted octanol–water partition coefficient (Wildman–Crippen LogP) is 3.99. The highest BCUT2D eigenvalue weighted by atomic mass is 127. The first kappa shape index (κ1) is 15.5. The Bertz CT molecular complexity index is 536. The quantitative estimate of drug-likeness (QED) is 0.733. The summed E-state index contributed by atoms with van der Waals surface area (Å²) >= 11 is 2.42. The van der Waals surface area contributed by atoms with Crippen LogP contribution in [0, 0.1) is 3.57 Å². The van der Waals surface area contributed by atoms with Crippen molar-refractivity contribution in [3.8, 4) is 0 Å². The molecule has 4 heteroatoms. The number of halogens is 1. The van der Waals surface area contributed by atoms with Crippen LogP contribution < -0.4 is 5.32 Å². The third-order valence-electron chi connectivity index (χ3n) is 3.30. The van der Waals surface area contributed by atoms with Gasteiger partial charge in [0.05, 0.1) is 11.7 Å². The molecule has 0 saturated heterocycles. The van der Waals surface area contributed by atoms with Crippen LogP contribution in [0.1, 0.15) is 44.0 Å². The predicted molar refractivity (Wildman–Crippen MR) is 91.8 cm³/mol. The van der Waals surface area contributed by atoms with Crippen molar-refractivity contribution in [1.82, 2.24) is 15.1 Å². The molecule has 1 unspecified atom stereocenters. The molecule has 20 heavy (non-hydrogen) atoms. The van der Waals surface area contributed by atoms with E-state index in [0.29, 0.717) is 0 Å². The summed E-state index contributed by atoms with van der Waals surface area (Å²) in [5.74, 6) is 0. The summed E-state index contributed by atoms with van der Waals surface area (Å²) in [5.41, 5.74) is 2.59. The molecular weight excluding hydrogens is 361 g/mol. The van der Waals surface area contributed by atoms with Crippen LogP contribution in [-0.2, 0) is 6.54 Å². The van der Waals surface area contributed by atoms with Gasteiger partial charge in [-0.15, -0.1) is 0 Å². The minimum absolute atomic E-state index is 0.220. The van der Waals surface area contributed by atoms with Crippen molar-refractivity contribution in [2.75, 3.05) is 6.54 Å². The molecule has 108 valence electrons. The number of aryl methyl sites for hydroxylation is 1. The molecular formula is C16H22IN3. The summed E-state index contributed by atoms with van der Waals surface area (Å²) in [6.07, 6.45) is 4.13. The van der Waals surface area contributed by atoms with Gasteiger partial charge in [0.2, 0.25) is 0 Å². The van der Waals surface area contributed by atoms with Gasteiger partial charge in [0, 0.05) is 16.3 Å². The van der Waals surface area contributed by atoms with E-state index in [1.165, 1.54) is 14.8 Å². The highest BCUT2D eigenvalue weighted by molar-refractivity contribution is 14.1. The highest BCUT2D eigenvalue weighted by Gasteiger charge is 2.19. The molecule has 1 atom stereocenters. The molecule has 0 aliphatic heterocycles. The lowest BCUT2D eigenvalue weighted by Crippen LogP contribution is -2.26. The first-order valence-electron chi connectivity index (χ1n) is 7.27. The van der Waals surface area contributed by atoms with Crippen LogP contribution in [0.2, 0.25) is 0 Å². The maximum Gasteiger partial charge on any atom is 0.0758 e. The number of benzene rings is 1. The van der Waals surface area contributed by atoms with Crippen LogP contribution in [0.15, 0.2) is 36.5 Å². The standard InChI is InChI=1S/C16H22IN3/c1-3-10-18-16(13-7-5-6-8-14(13)17)15-9-11-19-20(15)12-4-2/h5-9,11,16,18H,3-4,10,12H2,1-2H3. The monoisotopic (exact) mass is 383 g/mol. The molecule has 1 heterocycles. The summed E-state index contributed by atoms with van der Waals surface area (Å²) in [7, 11) is 0. The van der Waals surface area contributed by atoms with E-state index in [1.54, 1.807) is 0 Å². The molecule has 0 amide bonds. The summed E-state index contributed by atoms with van der Waals surface area (Å²) < 4.78 is 3.42. The number of rotatable bonds is 7. The fraction of sp³-hybridized carbons (Fsp3) is 0.438. The van der Waals surface area contributed by atoms with Crippen molar-refractivity contribution in [2.45, 2.75) is 39.3 Å². The van der Waals surface area contributed by atoms with E-state index >= 15 is 0 Å². The topological polar surface area (TPSA) is 29.9 Å². The van der Waals surface area contributed by atoms with Gasteiger partial charge in [-0.1, -0.05) is 32.0 Å². The van der Waals surface area contributed by atoms with Gasteiger partial charge in [0.25, 0.3) is 0 Å². The van der Waals surface area contributed by atoms with Crippen LogP contribution in [0.5, 0.6) is 0 Å². The lowest BCUT2D eigenvalue weighted by atomic mass is 10.0. The Hall–Kier alpha value is -0.880. The Morgan fingerprint density at radius 1 is 1.20 bits per heavy atom. The zero-order valence-electron chi connectivity index (χ0n) is 12.1. The van der Waals surface area contributed by atoms with Gasteiger partial charge in [0.15, 0.2) is 0 Å². The molecule has 0 fully saturated rings. The van der Waals surface area contributed by atoms with Crippen molar-refractivity contribution in [1.29, 1.82) is 0 Å². The summed E-state index contributed by atoms with van der Waals surface area (Å²) in [6.45, 7) is 6.36. The van der Waals surface area contributed by atoms with Crippen LogP contribution in [-0.4, -0.2) is 16.3 Å². The minimum atomic E-state index is 0.220. The fourth-order valence-corrected chi connectivity index (χ4v) is 3.06. The first-order chi connectivity index (χ1) is 9.77. The van der Waals surface area contributed by atoms with Crippen LogP contribution >= 0.6 is 22.6 Å². The van der Waals surface area contributed by atoms with Gasteiger partial charge in [-0.2, -0.15) is 5.10 Å². The summed E-state index contributed by atoms with van der Waals surface area (Å²) in [4.78, 5) is 0. The second kappa shape index (κ2) is 7.78. The maximum atomic E-state index is 4.46. The first-order valence-corrected chi connectivity index (χ1v) is 8.35. The average Bonchev–Trinajstić information content (AvgIpc) is 2.90.